The number of ketones is 1. The molecule has 2 rings (SSSR count). The highest BCUT2D eigenvalue weighted by Crippen LogP contribution is 2.36. The van der Waals surface area contributed by atoms with Gasteiger partial charge in [0, 0.05) is 12.1 Å². The van der Waals surface area contributed by atoms with Crippen molar-refractivity contribution in [1.82, 2.24) is 5.32 Å². The van der Waals surface area contributed by atoms with Crippen LogP contribution in [0.15, 0.2) is 12.1 Å². The van der Waals surface area contributed by atoms with Crippen molar-refractivity contribution in [3.05, 3.63) is 28.5 Å². The number of carbonyl (C=O) groups excluding carboxylic acids is 2. The van der Waals surface area contributed by atoms with Crippen LogP contribution in [0.25, 0.3) is 0 Å². The SMILES string of the molecule is CC(C)(C)NCCCN1C(=O)C(=O)c2c(Cl)ccc(F)c21. The van der Waals surface area contributed by atoms with Gasteiger partial charge >= 0.3 is 0 Å². The molecule has 1 N–H and O–H groups in total. The van der Waals surface area contributed by atoms with E-state index in [2.05, 4.69) is 5.32 Å². The van der Waals surface area contributed by atoms with E-state index in [4.69, 9.17) is 11.6 Å². The highest BCUT2D eigenvalue weighted by molar-refractivity contribution is 6.55. The maximum Gasteiger partial charge on any atom is 0.299 e. The normalized spacial score (nSPS) is 14.8. The number of benzene rings is 1. The predicted octanol–water partition coefficient (Wildman–Crippen LogP) is 2.79. The smallest absolute Gasteiger partial charge is 0.299 e. The molecule has 1 aromatic rings. The van der Waals surface area contributed by atoms with Gasteiger partial charge in [-0.25, -0.2) is 4.39 Å². The Labute approximate surface area is 128 Å². The van der Waals surface area contributed by atoms with Crippen LogP contribution < -0.4 is 10.2 Å². The number of hydrogen-bond acceptors (Lipinski definition) is 3. The first-order chi connectivity index (χ1) is 9.72. The molecule has 0 aliphatic carbocycles. The number of hydrogen-bond donors (Lipinski definition) is 1. The second-order valence-electron chi connectivity index (χ2n) is 6.07. The van der Waals surface area contributed by atoms with Gasteiger partial charge in [-0.05, 0) is 45.9 Å². The molecular weight excluding hydrogens is 295 g/mol. The summed E-state index contributed by atoms with van der Waals surface area (Å²) in [5.41, 5.74) is -0.0455. The maximum atomic E-state index is 13.9. The lowest BCUT2D eigenvalue weighted by molar-refractivity contribution is -0.114. The largest absolute Gasteiger partial charge is 0.312 e. The van der Waals surface area contributed by atoms with Crippen LogP contribution in [0.4, 0.5) is 10.1 Å². The molecule has 1 aromatic carbocycles. The molecule has 0 bridgehead atoms. The molecule has 0 aromatic heterocycles. The molecule has 0 saturated heterocycles. The van der Waals surface area contributed by atoms with E-state index in [1.807, 2.05) is 20.8 Å². The second-order valence-corrected chi connectivity index (χ2v) is 6.48. The minimum atomic E-state index is -0.738. The standard InChI is InChI=1S/C15H18ClFN2O2/c1-15(2,3)18-7-4-8-19-12-10(17)6-5-9(16)11(12)13(20)14(19)21/h5-6,18H,4,7-8H2,1-3H3. The summed E-state index contributed by atoms with van der Waals surface area (Å²) in [4.78, 5) is 25.1. The molecule has 0 fully saturated rings. The zero-order valence-corrected chi connectivity index (χ0v) is 13.1. The van der Waals surface area contributed by atoms with Gasteiger partial charge < -0.3 is 10.2 Å². The van der Waals surface area contributed by atoms with Crippen LogP contribution in [0, 0.1) is 5.82 Å². The van der Waals surface area contributed by atoms with E-state index in [1.165, 1.54) is 17.0 Å². The van der Waals surface area contributed by atoms with Gasteiger partial charge in [-0.1, -0.05) is 11.6 Å². The van der Waals surface area contributed by atoms with Crippen molar-refractivity contribution in [3.8, 4) is 0 Å². The molecule has 1 heterocycles. The Morgan fingerprint density at radius 1 is 1.29 bits per heavy atom. The van der Waals surface area contributed by atoms with E-state index in [9.17, 15) is 14.0 Å². The average Bonchev–Trinajstić information content (AvgIpc) is 2.63. The molecule has 21 heavy (non-hydrogen) atoms. The molecule has 114 valence electrons. The molecule has 0 spiro atoms. The third-order valence-corrected chi connectivity index (χ3v) is 3.54. The monoisotopic (exact) mass is 312 g/mol. The molecule has 0 unspecified atom stereocenters. The number of fused-ring (bicyclic) bond motifs is 1. The van der Waals surface area contributed by atoms with Crippen molar-refractivity contribution >= 4 is 29.0 Å². The van der Waals surface area contributed by atoms with E-state index in [0.29, 0.717) is 13.0 Å². The summed E-state index contributed by atoms with van der Waals surface area (Å²) in [6.07, 6.45) is 0.613. The van der Waals surface area contributed by atoms with E-state index in [0.717, 1.165) is 0 Å². The van der Waals surface area contributed by atoms with Crippen LogP contribution in [0.2, 0.25) is 5.02 Å². The second kappa shape index (κ2) is 5.73. The Balaban J connectivity index is 2.14. The minimum absolute atomic E-state index is 0.00765. The first kappa shape index (κ1) is 15.9. The highest BCUT2D eigenvalue weighted by atomic mass is 35.5. The molecule has 4 nitrogen and oxygen atoms in total. The fourth-order valence-electron chi connectivity index (χ4n) is 2.27. The molecular formula is C15H18ClFN2O2. The van der Waals surface area contributed by atoms with Gasteiger partial charge in [-0.15, -0.1) is 0 Å². The first-order valence-corrected chi connectivity index (χ1v) is 7.19. The maximum absolute atomic E-state index is 13.9. The Kier molecular flexibility index (Phi) is 4.35. The lowest BCUT2D eigenvalue weighted by atomic mass is 10.1. The van der Waals surface area contributed by atoms with Gasteiger partial charge in [0.25, 0.3) is 11.7 Å². The molecule has 6 heteroatoms. The van der Waals surface area contributed by atoms with Crippen LogP contribution in [0.5, 0.6) is 0 Å². The summed E-state index contributed by atoms with van der Waals surface area (Å²) in [6.45, 7) is 7.04. The van der Waals surface area contributed by atoms with Gasteiger partial charge in [0.05, 0.1) is 16.3 Å². The molecule has 0 saturated carbocycles. The van der Waals surface area contributed by atoms with E-state index >= 15 is 0 Å². The Morgan fingerprint density at radius 2 is 1.95 bits per heavy atom. The number of nitrogens with zero attached hydrogens (tertiary/aromatic N) is 1. The number of anilines is 1. The zero-order valence-electron chi connectivity index (χ0n) is 12.3. The Bertz CT molecular complexity index is 596. The summed E-state index contributed by atoms with van der Waals surface area (Å²) in [5.74, 6) is -2.05. The fourth-order valence-corrected chi connectivity index (χ4v) is 2.50. The average molecular weight is 313 g/mol. The summed E-state index contributed by atoms with van der Waals surface area (Å²) in [6, 6.07) is 2.47. The third kappa shape index (κ3) is 3.24. The zero-order chi connectivity index (χ0) is 15.8. The fraction of sp³-hybridized carbons (Fsp3) is 0.467. The number of carbonyl (C=O) groups is 2. The molecule has 1 aliphatic heterocycles. The van der Waals surface area contributed by atoms with Crippen LogP contribution in [0.1, 0.15) is 37.6 Å². The number of amides is 1. The lowest BCUT2D eigenvalue weighted by Crippen LogP contribution is -2.38. The molecule has 0 radical (unpaired) electrons. The van der Waals surface area contributed by atoms with Crippen LogP contribution in [-0.2, 0) is 4.79 Å². The quantitative estimate of drug-likeness (QED) is 0.687. The summed E-state index contributed by atoms with van der Waals surface area (Å²) < 4.78 is 13.9. The summed E-state index contributed by atoms with van der Waals surface area (Å²) >= 11 is 5.91. The van der Waals surface area contributed by atoms with Crippen molar-refractivity contribution in [3.63, 3.8) is 0 Å². The van der Waals surface area contributed by atoms with Crippen molar-refractivity contribution < 1.29 is 14.0 Å². The van der Waals surface area contributed by atoms with Crippen molar-refractivity contribution in [2.24, 2.45) is 0 Å². The van der Waals surface area contributed by atoms with Gasteiger partial charge in [-0.3, -0.25) is 9.59 Å². The Hall–Kier alpha value is -1.46. The lowest BCUT2D eigenvalue weighted by Gasteiger charge is -2.22. The highest BCUT2D eigenvalue weighted by Gasteiger charge is 2.39. The van der Waals surface area contributed by atoms with Crippen LogP contribution in [-0.4, -0.2) is 30.3 Å². The predicted molar refractivity (Wildman–Crippen MR) is 80.5 cm³/mol. The van der Waals surface area contributed by atoms with Gasteiger partial charge in [0.15, 0.2) is 0 Å². The number of Topliss-reactive ketones (excluding diaryl/α,β-unsaturated/α-hetero) is 1. The molecule has 1 amide bonds. The van der Waals surface area contributed by atoms with Crippen molar-refractivity contribution in [2.45, 2.75) is 32.7 Å². The summed E-state index contributed by atoms with van der Waals surface area (Å²) in [7, 11) is 0. The van der Waals surface area contributed by atoms with E-state index in [1.54, 1.807) is 0 Å². The van der Waals surface area contributed by atoms with E-state index < -0.39 is 17.5 Å². The van der Waals surface area contributed by atoms with E-state index in [-0.39, 0.29) is 28.4 Å². The van der Waals surface area contributed by atoms with Gasteiger partial charge in [0.1, 0.15) is 5.82 Å². The minimum Gasteiger partial charge on any atom is -0.312 e. The summed E-state index contributed by atoms with van der Waals surface area (Å²) in [5, 5.41) is 3.39. The van der Waals surface area contributed by atoms with Gasteiger partial charge in [0.2, 0.25) is 0 Å². The van der Waals surface area contributed by atoms with Crippen molar-refractivity contribution in [1.29, 1.82) is 0 Å². The van der Waals surface area contributed by atoms with Crippen molar-refractivity contribution in [2.75, 3.05) is 18.0 Å². The third-order valence-electron chi connectivity index (χ3n) is 3.23. The van der Waals surface area contributed by atoms with Gasteiger partial charge in [-0.2, -0.15) is 0 Å². The Morgan fingerprint density at radius 3 is 2.57 bits per heavy atom. The van der Waals surface area contributed by atoms with Crippen LogP contribution >= 0.6 is 11.6 Å². The van der Waals surface area contributed by atoms with Crippen LogP contribution in [0.3, 0.4) is 0 Å². The topological polar surface area (TPSA) is 49.4 Å². The number of halogens is 2. The molecule has 0 atom stereocenters. The number of rotatable bonds is 4. The number of nitrogens with one attached hydrogen (secondary N) is 1. The first-order valence-electron chi connectivity index (χ1n) is 6.81. The molecule has 1 aliphatic rings.